The number of aryl methyl sites for hydroxylation is 1. The molecule has 2 heteroatoms. The van der Waals surface area contributed by atoms with Crippen molar-refractivity contribution in [3.63, 3.8) is 0 Å². The van der Waals surface area contributed by atoms with Crippen LogP contribution >= 0.6 is 11.6 Å². The Morgan fingerprint density at radius 1 is 1.21 bits per heavy atom. The van der Waals surface area contributed by atoms with Crippen molar-refractivity contribution in [2.45, 2.75) is 43.9 Å². The van der Waals surface area contributed by atoms with Gasteiger partial charge in [-0.1, -0.05) is 18.6 Å². The van der Waals surface area contributed by atoms with E-state index in [4.69, 9.17) is 16.3 Å². The molecule has 0 amide bonds. The lowest BCUT2D eigenvalue weighted by Gasteiger charge is -2.27. The van der Waals surface area contributed by atoms with E-state index in [2.05, 4.69) is 18.2 Å². The van der Waals surface area contributed by atoms with Crippen molar-refractivity contribution in [3.05, 3.63) is 29.3 Å². The molecule has 19 heavy (non-hydrogen) atoms. The van der Waals surface area contributed by atoms with Crippen molar-refractivity contribution in [2.24, 2.45) is 17.8 Å². The third kappa shape index (κ3) is 2.07. The van der Waals surface area contributed by atoms with Gasteiger partial charge in [-0.3, -0.25) is 0 Å². The molecular formula is C17H21ClO. The normalized spacial score (nSPS) is 33.8. The number of ether oxygens (including phenoxy) is 1. The Morgan fingerprint density at radius 2 is 2.16 bits per heavy atom. The van der Waals surface area contributed by atoms with E-state index in [0.29, 0.717) is 5.92 Å². The summed E-state index contributed by atoms with van der Waals surface area (Å²) in [5, 5.41) is 0.211. The van der Waals surface area contributed by atoms with Crippen molar-refractivity contribution in [3.8, 4) is 5.75 Å². The summed E-state index contributed by atoms with van der Waals surface area (Å²) in [4.78, 5) is 0. The zero-order valence-electron chi connectivity index (χ0n) is 11.3. The van der Waals surface area contributed by atoms with Crippen molar-refractivity contribution in [1.29, 1.82) is 0 Å². The molecular weight excluding hydrogens is 256 g/mol. The van der Waals surface area contributed by atoms with Crippen molar-refractivity contribution < 1.29 is 4.74 Å². The minimum atomic E-state index is 0.211. The van der Waals surface area contributed by atoms with Gasteiger partial charge in [0, 0.05) is 0 Å². The zero-order chi connectivity index (χ0) is 12.8. The summed E-state index contributed by atoms with van der Waals surface area (Å²) in [6.45, 7) is 0.864. The van der Waals surface area contributed by atoms with Gasteiger partial charge in [0.2, 0.25) is 0 Å². The molecule has 0 N–H and O–H groups in total. The van der Waals surface area contributed by atoms with Crippen molar-refractivity contribution in [2.75, 3.05) is 6.61 Å². The summed E-state index contributed by atoms with van der Waals surface area (Å²) in [7, 11) is 0. The minimum absolute atomic E-state index is 0.211. The second-order valence-corrected chi connectivity index (χ2v) is 7.03. The van der Waals surface area contributed by atoms with Gasteiger partial charge in [0.25, 0.3) is 0 Å². The van der Waals surface area contributed by atoms with Crippen LogP contribution in [-0.4, -0.2) is 6.61 Å². The van der Waals surface area contributed by atoms with Crippen LogP contribution in [0.15, 0.2) is 18.2 Å². The molecule has 2 fully saturated rings. The molecule has 1 heterocycles. The summed E-state index contributed by atoms with van der Waals surface area (Å²) in [6.07, 6.45) is 7.92. The molecule has 3 aliphatic rings. The highest BCUT2D eigenvalue weighted by molar-refractivity contribution is 6.21. The lowest BCUT2D eigenvalue weighted by Crippen LogP contribution is -2.16. The molecule has 1 aromatic carbocycles. The third-order valence-corrected chi connectivity index (χ3v) is 6.00. The Morgan fingerprint density at radius 3 is 2.95 bits per heavy atom. The van der Waals surface area contributed by atoms with Gasteiger partial charge in [-0.25, -0.2) is 0 Å². The highest BCUT2D eigenvalue weighted by atomic mass is 35.5. The Bertz CT molecular complexity index is 484. The van der Waals surface area contributed by atoms with Crippen LogP contribution in [0.4, 0.5) is 0 Å². The van der Waals surface area contributed by atoms with E-state index in [9.17, 15) is 0 Å². The van der Waals surface area contributed by atoms with Crippen LogP contribution in [0.2, 0.25) is 0 Å². The van der Waals surface area contributed by atoms with E-state index in [0.717, 1.165) is 37.0 Å². The fourth-order valence-electron chi connectivity index (χ4n) is 4.45. The lowest BCUT2D eigenvalue weighted by atomic mass is 9.83. The minimum Gasteiger partial charge on any atom is -0.493 e. The standard InChI is InChI=1S/C17H21ClO/c18-17(15-9-11-3-4-12(15)8-11)14-5-6-16-13(10-14)2-1-7-19-16/h5-6,10-12,15,17H,1-4,7-9H2. The summed E-state index contributed by atoms with van der Waals surface area (Å²) >= 11 is 6.81. The van der Waals surface area contributed by atoms with Crippen LogP contribution in [0.25, 0.3) is 0 Å². The first-order valence-corrected chi connectivity index (χ1v) is 8.14. The molecule has 102 valence electrons. The molecule has 4 unspecified atom stereocenters. The van der Waals surface area contributed by atoms with Crippen LogP contribution < -0.4 is 4.74 Å². The fraction of sp³-hybridized carbons (Fsp3) is 0.647. The van der Waals surface area contributed by atoms with E-state index >= 15 is 0 Å². The molecule has 1 nitrogen and oxygen atoms in total. The number of rotatable bonds is 2. The molecule has 0 radical (unpaired) electrons. The predicted octanol–water partition coefficient (Wildman–Crippen LogP) is 4.73. The maximum Gasteiger partial charge on any atom is 0.122 e. The molecule has 2 bridgehead atoms. The first kappa shape index (κ1) is 12.1. The number of fused-ring (bicyclic) bond motifs is 3. The number of halogens is 1. The van der Waals surface area contributed by atoms with Gasteiger partial charge >= 0.3 is 0 Å². The van der Waals surface area contributed by atoms with Crippen LogP contribution in [0.1, 0.15) is 48.6 Å². The highest BCUT2D eigenvalue weighted by Crippen LogP contribution is 2.54. The maximum atomic E-state index is 6.81. The number of benzene rings is 1. The van der Waals surface area contributed by atoms with Crippen LogP contribution in [0.5, 0.6) is 5.75 Å². The summed E-state index contributed by atoms with van der Waals surface area (Å²) in [5.41, 5.74) is 2.68. The van der Waals surface area contributed by atoms with E-state index in [1.54, 1.807) is 0 Å². The van der Waals surface area contributed by atoms with Gasteiger partial charge in [-0.15, -0.1) is 11.6 Å². The van der Waals surface area contributed by atoms with Crippen molar-refractivity contribution in [1.82, 2.24) is 0 Å². The van der Waals surface area contributed by atoms with Gasteiger partial charge < -0.3 is 4.74 Å². The maximum absolute atomic E-state index is 6.81. The van der Waals surface area contributed by atoms with Gasteiger partial charge in [0.1, 0.15) is 5.75 Å². The fourth-order valence-corrected chi connectivity index (χ4v) is 4.90. The smallest absolute Gasteiger partial charge is 0.122 e. The largest absolute Gasteiger partial charge is 0.493 e. The van der Waals surface area contributed by atoms with Crippen LogP contribution in [0, 0.1) is 17.8 Å². The van der Waals surface area contributed by atoms with Gasteiger partial charge in [0.05, 0.1) is 12.0 Å². The van der Waals surface area contributed by atoms with E-state index in [1.165, 1.54) is 36.8 Å². The average molecular weight is 277 g/mol. The van der Waals surface area contributed by atoms with E-state index in [-0.39, 0.29) is 5.38 Å². The molecule has 0 aromatic heterocycles. The molecule has 4 atom stereocenters. The van der Waals surface area contributed by atoms with Crippen LogP contribution in [0.3, 0.4) is 0 Å². The van der Waals surface area contributed by atoms with E-state index < -0.39 is 0 Å². The second-order valence-electron chi connectivity index (χ2n) is 6.56. The quantitative estimate of drug-likeness (QED) is 0.710. The molecule has 0 saturated heterocycles. The zero-order valence-corrected chi connectivity index (χ0v) is 12.0. The van der Waals surface area contributed by atoms with Crippen molar-refractivity contribution >= 4 is 11.6 Å². The molecule has 0 spiro atoms. The topological polar surface area (TPSA) is 9.23 Å². The SMILES string of the molecule is ClC(c1ccc2c(c1)CCCO2)C1CC2CCC1C2. The van der Waals surface area contributed by atoms with Gasteiger partial charge in [-0.05, 0) is 67.1 Å². The Kier molecular flexibility index (Phi) is 2.99. The Labute approximate surface area is 120 Å². The van der Waals surface area contributed by atoms with E-state index in [1.807, 2.05) is 0 Å². The Balaban J connectivity index is 1.58. The molecule has 1 aromatic rings. The first-order valence-electron chi connectivity index (χ1n) is 7.71. The first-order chi connectivity index (χ1) is 9.31. The van der Waals surface area contributed by atoms with Gasteiger partial charge in [-0.2, -0.15) is 0 Å². The molecule has 2 saturated carbocycles. The summed E-state index contributed by atoms with van der Waals surface area (Å²) in [5.74, 6) is 3.65. The number of hydrogen-bond acceptors (Lipinski definition) is 1. The van der Waals surface area contributed by atoms with Gasteiger partial charge in [0.15, 0.2) is 0 Å². The summed E-state index contributed by atoms with van der Waals surface area (Å²) in [6, 6.07) is 6.62. The lowest BCUT2D eigenvalue weighted by molar-refractivity contribution is 0.287. The Hall–Kier alpha value is -0.690. The number of hydrogen-bond donors (Lipinski definition) is 0. The second kappa shape index (κ2) is 4.70. The highest BCUT2D eigenvalue weighted by Gasteiger charge is 2.43. The predicted molar refractivity (Wildman–Crippen MR) is 77.8 cm³/mol. The third-order valence-electron chi connectivity index (χ3n) is 5.42. The molecule has 4 rings (SSSR count). The van der Waals surface area contributed by atoms with Crippen LogP contribution in [-0.2, 0) is 6.42 Å². The summed E-state index contributed by atoms with van der Waals surface area (Å²) < 4.78 is 5.69. The average Bonchev–Trinajstić information content (AvgIpc) is 3.08. The molecule has 2 aliphatic carbocycles. The molecule has 1 aliphatic heterocycles. The monoisotopic (exact) mass is 276 g/mol. The number of alkyl halides is 1.